The zero-order chi connectivity index (χ0) is 16.1. The number of hydrogen-bond acceptors (Lipinski definition) is 3. The lowest BCUT2D eigenvalue weighted by molar-refractivity contribution is 0.0916. The summed E-state index contributed by atoms with van der Waals surface area (Å²) in [7, 11) is 0. The molecule has 0 heterocycles. The van der Waals surface area contributed by atoms with Gasteiger partial charge in [0.05, 0.1) is 17.7 Å². The van der Waals surface area contributed by atoms with Gasteiger partial charge in [0.15, 0.2) is 0 Å². The van der Waals surface area contributed by atoms with Crippen molar-refractivity contribution in [2.45, 2.75) is 6.10 Å². The lowest BCUT2D eigenvalue weighted by atomic mass is 10.1. The topological polar surface area (TPSA) is 73.1 Å². The number of benzene rings is 2. The van der Waals surface area contributed by atoms with Crippen LogP contribution in [0.4, 0.5) is 0 Å². The van der Waals surface area contributed by atoms with Gasteiger partial charge in [0.25, 0.3) is 5.91 Å². The normalized spacial score (nSPS) is 11.5. The molecule has 0 aromatic heterocycles. The molecule has 0 radical (unpaired) electrons. The average molecular weight is 335 g/mol. The van der Waals surface area contributed by atoms with E-state index in [1.165, 1.54) is 0 Å². The first-order valence-electron chi connectivity index (χ1n) is 6.43. The summed E-state index contributed by atoms with van der Waals surface area (Å²) in [5.41, 5.74) is 1.25. The van der Waals surface area contributed by atoms with Gasteiger partial charge in [-0.3, -0.25) is 4.79 Å². The number of amides is 1. The highest BCUT2D eigenvalue weighted by Crippen LogP contribution is 2.29. The Labute approximate surface area is 137 Å². The number of halogens is 2. The average Bonchev–Trinajstić information content (AvgIpc) is 2.52. The molecule has 0 aliphatic heterocycles. The largest absolute Gasteiger partial charge is 0.386 e. The van der Waals surface area contributed by atoms with Crippen LogP contribution in [0.2, 0.25) is 10.0 Å². The molecule has 0 saturated heterocycles. The lowest BCUT2D eigenvalue weighted by Gasteiger charge is -2.15. The van der Waals surface area contributed by atoms with Crippen LogP contribution < -0.4 is 5.32 Å². The van der Waals surface area contributed by atoms with Crippen molar-refractivity contribution in [3.8, 4) is 6.07 Å². The number of nitrogens with one attached hydrogen (secondary N) is 1. The van der Waals surface area contributed by atoms with Crippen molar-refractivity contribution in [3.05, 3.63) is 69.2 Å². The Kier molecular flexibility index (Phi) is 5.40. The molecule has 1 unspecified atom stereocenters. The van der Waals surface area contributed by atoms with Crippen molar-refractivity contribution in [2.24, 2.45) is 0 Å². The summed E-state index contributed by atoms with van der Waals surface area (Å²) >= 11 is 12.0. The Balaban J connectivity index is 2.03. The zero-order valence-electron chi connectivity index (χ0n) is 11.4. The number of carbonyl (C=O) groups excluding carboxylic acids is 1. The van der Waals surface area contributed by atoms with Crippen molar-refractivity contribution in [2.75, 3.05) is 6.54 Å². The third-order valence-electron chi connectivity index (χ3n) is 3.07. The zero-order valence-corrected chi connectivity index (χ0v) is 12.9. The molecule has 0 saturated carbocycles. The Bertz CT molecular complexity index is 704. The molecule has 2 rings (SSSR count). The van der Waals surface area contributed by atoms with E-state index in [1.54, 1.807) is 42.5 Å². The third-order valence-corrected chi connectivity index (χ3v) is 3.72. The summed E-state index contributed by atoms with van der Waals surface area (Å²) in [6.45, 7) is -0.0255. The van der Waals surface area contributed by atoms with Crippen molar-refractivity contribution < 1.29 is 9.90 Å². The summed E-state index contributed by atoms with van der Waals surface area (Å²) < 4.78 is 0. The van der Waals surface area contributed by atoms with Crippen LogP contribution in [-0.2, 0) is 0 Å². The summed E-state index contributed by atoms with van der Waals surface area (Å²) in [4.78, 5) is 12.0. The van der Waals surface area contributed by atoms with Crippen LogP contribution in [0, 0.1) is 11.3 Å². The lowest BCUT2D eigenvalue weighted by Crippen LogP contribution is -2.28. The Morgan fingerprint density at radius 2 is 1.77 bits per heavy atom. The predicted octanol–water partition coefficient (Wildman–Crippen LogP) is 3.33. The number of nitrogens with zero attached hydrogens (tertiary/aromatic N) is 1. The van der Waals surface area contributed by atoms with E-state index in [1.807, 2.05) is 6.07 Å². The Morgan fingerprint density at radius 1 is 1.18 bits per heavy atom. The van der Waals surface area contributed by atoms with Crippen molar-refractivity contribution in [1.82, 2.24) is 5.32 Å². The van der Waals surface area contributed by atoms with Crippen LogP contribution in [0.15, 0.2) is 42.5 Å². The summed E-state index contributed by atoms with van der Waals surface area (Å²) in [6.07, 6.45) is -1.01. The number of aliphatic hydroxyl groups is 1. The molecule has 22 heavy (non-hydrogen) atoms. The fraction of sp³-hybridized carbons (Fsp3) is 0.125. The number of carbonyl (C=O) groups is 1. The molecular weight excluding hydrogens is 323 g/mol. The van der Waals surface area contributed by atoms with Gasteiger partial charge in [-0.05, 0) is 36.4 Å². The monoisotopic (exact) mass is 334 g/mol. The molecule has 1 amide bonds. The molecule has 4 nitrogen and oxygen atoms in total. The van der Waals surface area contributed by atoms with Gasteiger partial charge in [-0.25, -0.2) is 0 Å². The predicted molar refractivity (Wildman–Crippen MR) is 84.9 cm³/mol. The molecule has 0 spiro atoms. The van der Waals surface area contributed by atoms with Crippen LogP contribution in [0.25, 0.3) is 0 Å². The summed E-state index contributed by atoms with van der Waals surface area (Å²) in [6, 6.07) is 13.1. The molecule has 0 fully saturated rings. The molecule has 112 valence electrons. The highest BCUT2D eigenvalue weighted by molar-refractivity contribution is 6.36. The highest BCUT2D eigenvalue weighted by atomic mass is 35.5. The van der Waals surface area contributed by atoms with Crippen LogP contribution in [0.3, 0.4) is 0 Å². The maximum absolute atomic E-state index is 12.0. The van der Waals surface area contributed by atoms with E-state index in [9.17, 15) is 9.90 Å². The molecule has 2 aromatic rings. The molecule has 2 N–H and O–H groups in total. The van der Waals surface area contributed by atoms with E-state index in [2.05, 4.69) is 5.32 Å². The van der Waals surface area contributed by atoms with E-state index in [0.29, 0.717) is 26.7 Å². The first kappa shape index (κ1) is 16.3. The Morgan fingerprint density at radius 3 is 2.32 bits per heavy atom. The first-order chi connectivity index (χ1) is 10.5. The van der Waals surface area contributed by atoms with Gasteiger partial charge >= 0.3 is 0 Å². The molecule has 0 aliphatic carbocycles. The van der Waals surface area contributed by atoms with Gasteiger partial charge in [-0.15, -0.1) is 0 Å². The van der Waals surface area contributed by atoms with Gasteiger partial charge in [-0.1, -0.05) is 29.3 Å². The van der Waals surface area contributed by atoms with E-state index in [-0.39, 0.29) is 12.5 Å². The molecule has 2 aromatic carbocycles. The second kappa shape index (κ2) is 7.28. The highest BCUT2D eigenvalue weighted by Gasteiger charge is 2.16. The Hall–Kier alpha value is -2.06. The van der Waals surface area contributed by atoms with Gasteiger partial charge < -0.3 is 10.4 Å². The van der Waals surface area contributed by atoms with Crippen molar-refractivity contribution in [1.29, 1.82) is 5.26 Å². The van der Waals surface area contributed by atoms with Crippen LogP contribution in [-0.4, -0.2) is 17.6 Å². The molecule has 1 atom stereocenters. The van der Waals surface area contributed by atoms with Gasteiger partial charge in [0.1, 0.15) is 0 Å². The fourth-order valence-electron chi connectivity index (χ4n) is 1.92. The minimum absolute atomic E-state index is 0.0255. The minimum atomic E-state index is -1.01. The number of nitriles is 1. The van der Waals surface area contributed by atoms with Crippen LogP contribution in [0.5, 0.6) is 0 Å². The molecule has 0 bridgehead atoms. The van der Waals surface area contributed by atoms with Gasteiger partial charge in [0.2, 0.25) is 0 Å². The van der Waals surface area contributed by atoms with Crippen molar-refractivity contribution in [3.63, 3.8) is 0 Å². The quantitative estimate of drug-likeness (QED) is 0.900. The molecule has 6 heteroatoms. The van der Waals surface area contributed by atoms with E-state index in [0.717, 1.165) is 0 Å². The number of rotatable bonds is 4. The first-order valence-corrected chi connectivity index (χ1v) is 7.19. The van der Waals surface area contributed by atoms with E-state index >= 15 is 0 Å². The smallest absolute Gasteiger partial charge is 0.251 e. The number of hydrogen-bond donors (Lipinski definition) is 2. The second-order valence-electron chi connectivity index (χ2n) is 4.55. The fourth-order valence-corrected chi connectivity index (χ4v) is 2.57. The SMILES string of the molecule is N#Cc1ccc(C(=O)NCC(O)c2c(Cl)cccc2Cl)cc1. The van der Waals surface area contributed by atoms with Crippen molar-refractivity contribution >= 4 is 29.1 Å². The number of aliphatic hydroxyl groups excluding tert-OH is 1. The van der Waals surface area contributed by atoms with E-state index < -0.39 is 6.10 Å². The summed E-state index contributed by atoms with van der Waals surface area (Å²) in [5, 5.41) is 22.1. The molecule has 0 aliphatic rings. The minimum Gasteiger partial charge on any atom is -0.386 e. The van der Waals surface area contributed by atoms with Crippen LogP contribution >= 0.6 is 23.2 Å². The van der Waals surface area contributed by atoms with E-state index in [4.69, 9.17) is 28.5 Å². The standard InChI is InChI=1S/C16H12Cl2N2O2/c17-12-2-1-3-13(18)15(12)14(21)9-20-16(22)11-6-4-10(8-19)5-7-11/h1-7,14,21H,9H2,(H,20,22). The second-order valence-corrected chi connectivity index (χ2v) is 5.36. The molecular formula is C16H12Cl2N2O2. The van der Waals surface area contributed by atoms with Gasteiger partial charge in [0, 0.05) is 27.7 Å². The van der Waals surface area contributed by atoms with Gasteiger partial charge in [-0.2, -0.15) is 5.26 Å². The third kappa shape index (κ3) is 3.77. The van der Waals surface area contributed by atoms with Crippen LogP contribution in [0.1, 0.15) is 27.6 Å². The summed E-state index contributed by atoms with van der Waals surface area (Å²) in [5.74, 6) is -0.355. The maximum Gasteiger partial charge on any atom is 0.251 e. The maximum atomic E-state index is 12.0.